The van der Waals surface area contributed by atoms with Gasteiger partial charge in [0.1, 0.15) is 0 Å². The van der Waals surface area contributed by atoms with Crippen molar-refractivity contribution >= 4 is 22.5 Å². The van der Waals surface area contributed by atoms with E-state index < -0.39 is 0 Å². The van der Waals surface area contributed by atoms with Gasteiger partial charge in [-0.05, 0) is 125 Å². The van der Waals surface area contributed by atoms with Crippen LogP contribution in [0.15, 0.2) is 174 Å². The molecule has 0 aliphatic heterocycles. The summed E-state index contributed by atoms with van der Waals surface area (Å²) in [6.07, 6.45) is 20.5. The van der Waals surface area contributed by atoms with Crippen molar-refractivity contribution in [1.82, 2.24) is 4.98 Å². The minimum absolute atomic E-state index is 0.0822. The first-order chi connectivity index (χ1) is 24.4. The Morgan fingerprint density at radius 1 is 0.820 bits per heavy atom. The summed E-state index contributed by atoms with van der Waals surface area (Å²) < 4.78 is 0. The van der Waals surface area contributed by atoms with Gasteiger partial charge < -0.3 is 10.6 Å². The number of allylic oxidation sites excluding steroid dienone is 12. The van der Waals surface area contributed by atoms with Crippen LogP contribution in [0.25, 0.3) is 11.1 Å². The van der Waals surface area contributed by atoms with Gasteiger partial charge in [-0.1, -0.05) is 111 Å². The molecule has 0 amide bonds. The molecule has 1 heterocycles. The molecular weight excluding hydrogens is 607 g/mol. The molecular formula is C47H47N3. The van der Waals surface area contributed by atoms with Crippen molar-refractivity contribution in [1.29, 1.82) is 0 Å². The lowest BCUT2D eigenvalue weighted by Gasteiger charge is -2.42. The van der Waals surface area contributed by atoms with Crippen molar-refractivity contribution in [2.24, 2.45) is 17.6 Å². The number of anilines is 2. The fraction of sp³-hybridized carbons (Fsp3) is 0.213. The molecule has 3 unspecified atom stereocenters. The second kappa shape index (κ2) is 14.2. The Bertz CT molecular complexity index is 2090. The van der Waals surface area contributed by atoms with Crippen LogP contribution in [0.4, 0.5) is 11.4 Å². The summed E-state index contributed by atoms with van der Waals surface area (Å²) in [7, 11) is 0. The summed E-state index contributed by atoms with van der Waals surface area (Å²) in [5.41, 5.74) is 23.2. The summed E-state index contributed by atoms with van der Waals surface area (Å²) in [4.78, 5) is 6.54. The second-order valence-corrected chi connectivity index (χ2v) is 13.7. The van der Waals surface area contributed by atoms with E-state index in [1.807, 2.05) is 30.6 Å². The summed E-state index contributed by atoms with van der Waals surface area (Å²) in [6, 6.07) is 33.2. The molecule has 3 heteroatoms. The molecule has 4 aromatic rings. The van der Waals surface area contributed by atoms with E-state index in [4.69, 9.17) is 5.73 Å². The SMILES string of the molecule is CC/C(=C1/C=CC2C(c3ccccc3C)=C([C@H](C)c3ccccc3)C=C3C=CC(C)=C1C32)c1ccc(N(c2ccncc2)C(C)/C=C\N)cc1. The monoisotopic (exact) mass is 653 g/mol. The first kappa shape index (κ1) is 33.1. The maximum absolute atomic E-state index is 5.84. The lowest BCUT2D eigenvalue weighted by atomic mass is 9.61. The van der Waals surface area contributed by atoms with Gasteiger partial charge in [-0.25, -0.2) is 0 Å². The van der Waals surface area contributed by atoms with E-state index in [2.05, 4.69) is 154 Å². The van der Waals surface area contributed by atoms with Crippen molar-refractivity contribution in [2.45, 2.75) is 53.0 Å². The second-order valence-electron chi connectivity index (χ2n) is 13.7. The lowest BCUT2D eigenvalue weighted by Crippen LogP contribution is -2.29. The van der Waals surface area contributed by atoms with Crippen molar-refractivity contribution < 1.29 is 0 Å². The standard InChI is InChI=1S/C47H47N3/c1-6-40(36-18-20-38(21-19-36)50(33(4)24-27-48)39-25-28-49-29-26-39)42-22-23-43-46-37(17-16-32(3)45(42)46)30-44(34(5)35-13-8-7-9-14-35)47(43)41-15-11-10-12-31(41)2/h7-30,33-34,43,46H,6,48H2,1-5H3/b27-24-,42-40+/t33?,34-,43?,46?/m1/s1. The molecule has 3 aliphatic carbocycles. The van der Waals surface area contributed by atoms with Crippen LogP contribution in [0.3, 0.4) is 0 Å². The molecule has 3 aliphatic rings. The normalized spacial score (nSPS) is 20.5. The number of nitrogens with zero attached hydrogens (tertiary/aromatic N) is 2. The van der Waals surface area contributed by atoms with E-state index >= 15 is 0 Å². The fourth-order valence-electron chi connectivity index (χ4n) is 8.34. The summed E-state index contributed by atoms with van der Waals surface area (Å²) >= 11 is 0. The van der Waals surface area contributed by atoms with Gasteiger partial charge in [-0.15, -0.1) is 0 Å². The zero-order chi connectivity index (χ0) is 34.8. The van der Waals surface area contributed by atoms with E-state index in [0.29, 0.717) is 0 Å². The topological polar surface area (TPSA) is 42.2 Å². The highest BCUT2D eigenvalue weighted by atomic mass is 15.2. The predicted octanol–water partition coefficient (Wildman–Crippen LogP) is 11.4. The Kier molecular flexibility index (Phi) is 9.41. The lowest BCUT2D eigenvalue weighted by molar-refractivity contribution is 0.601. The molecule has 0 radical (unpaired) electrons. The third-order valence-corrected chi connectivity index (χ3v) is 10.8. The Labute approximate surface area is 298 Å². The molecule has 0 spiro atoms. The van der Waals surface area contributed by atoms with Gasteiger partial charge in [0, 0.05) is 41.5 Å². The first-order valence-corrected chi connectivity index (χ1v) is 18.0. The van der Waals surface area contributed by atoms with Gasteiger partial charge in [-0.3, -0.25) is 4.98 Å². The molecule has 1 aromatic heterocycles. The summed E-state index contributed by atoms with van der Waals surface area (Å²) in [5.74, 6) is 0.795. The van der Waals surface area contributed by atoms with Crippen LogP contribution in [-0.2, 0) is 0 Å². The average molecular weight is 654 g/mol. The van der Waals surface area contributed by atoms with Crippen LogP contribution in [0.2, 0.25) is 0 Å². The van der Waals surface area contributed by atoms with E-state index in [-0.39, 0.29) is 23.8 Å². The molecule has 3 aromatic carbocycles. The molecule has 0 saturated heterocycles. The number of nitrogens with two attached hydrogens (primary N) is 1. The van der Waals surface area contributed by atoms with Gasteiger partial charge in [0.05, 0.1) is 6.04 Å². The van der Waals surface area contributed by atoms with Crippen LogP contribution < -0.4 is 10.6 Å². The zero-order valence-electron chi connectivity index (χ0n) is 29.8. The van der Waals surface area contributed by atoms with Crippen molar-refractivity contribution in [3.63, 3.8) is 0 Å². The fourth-order valence-corrected chi connectivity index (χ4v) is 8.34. The third kappa shape index (κ3) is 6.02. The van der Waals surface area contributed by atoms with Gasteiger partial charge in [0.25, 0.3) is 0 Å². The molecule has 2 N–H and O–H groups in total. The van der Waals surface area contributed by atoms with Crippen LogP contribution >= 0.6 is 0 Å². The molecule has 0 fully saturated rings. The Morgan fingerprint density at radius 2 is 1.52 bits per heavy atom. The largest absolute Gasteiger partial charge is 0.405 e. The van der Waals surface area contributed by atoms with Gasteiger partial charge in [0.15, 0.2) is 0 Å². The van der Waals surface area contributed by atoms with Crippen LogP contribution in [0.1, 0.15) is 62.3 Å². The molecule has 50 heavy (non-hydrogen) atoms. The molecule has 7 rings (SSSR count). The van der Waals surface area contributed by atoms with E-state index in [1.165, 1.54) is 61.3 Å². The summed E-state index contributed by atoms with van der Waals surface area (Å²) in [5, 5.41) is 0. The highest BCUT2D eigenvalue weighted by Crippen LogP contribution is 2.55. The maximum Gasteiger partial charge on any atom is 0.0510 e. The minimum Gasteiger partial charge on any atom is -0.405 e. The Balaban J connectivity index is 1.35. The first-order valence-electron chi connectivity index (χ1n) is 18.0. The van der Waals surface area contributed by atoms with Crippen molar-refractivity contribution in [2.75, 3.05) is 4.90 Å². The van der Waals surface area contributed by atoms with E-state index in [0.717, 1.165) is 17.8 Å². The van der Waals surface area contributed by atoms with Crippen LogP contribution in [0.5, 0.6) is 0 Å². The van der Waals surface area contributed by atoms with Gasteiger partial charge in [0.2, 0.25) is 0 Å². The minimum atomic E-state index is 0.0822. The maximum atomic E-state index is 5.84. The van der Waals surface area contributed by atoms with Crippen molar-refractivity contribution in [3.05, 3.63) is 196 Å². The number of hydrogen-bond donors (Lipinski definition) is 1. The number of rotatable bonds is 9. The molecule has 0 bridgehead atoms. The number of pyridine rings is 1. The average Bonchev–Trinajstić information content (AvgIpc) is 3.15. The van der Waals surface area contributed by atoms with E-state index in [1.54, 1.807) is 6.20 Å². The third-order valence-electron chi connectivity index (χ3n) is 10.8. The Morgan fingerprint density at radius 3 is 2.22 bits per heavy atom. The molecule has 4 atom stereocenters. The highest BCUT2D eigenvalue weighted by Gasteiger charge is 2.40. The molecule has 3 nitrogen and oxygen atoms in total. The van der Waals surface area contributed by atoms with Crippen molar-refractivity contribution in [3.8, 4) is 0 Å². The Hall–Kier alpha value is -5.41. The van der Waals surface area contributed by atoms with Gasteiger partial charge >= 0.3 is 0 Å². The highest BCUT2D eigenvalue weighted by molar-refractivity contribution is 5.85. The smallest absolute Gasteiger partial charge is 0.0510 e. The molecule has 0 saturated carbocycles. The summed E-state index contributed by atoms with van der Waals surface area (Å²) in [6.45, 7) is 11.4. The quantitative estimate of drug-likeness (QED) is 0.195. The van der Waals surface area contributed by atoms with Crippen LogP contribution in [0, 0.1) is 18.8 Å². The number of aryl methyl sites for hydroxylation is 1. The number of aromatic nitrogens is 1. The van der Waals surface area contributed by atoms with E-state index in [9.17, 15) is 0 Å². The predicted molar refractivity (Wildman–Crippen MR) is 212 cm³/mol. The zero-order valence-corrected chi connectivity index (χ0v) is 29.8. The van der Waals surface area contributed by atoms with Crippen LogP contribution in [-0.4, -0.2) is 11.0 Å². The number of hydrogen-bond acceptors (Lipinski definition) is 3. The molecule has 250 valence electrons. The number of benzene rings is 3. The van der Waals surface area contributed by atoms with Gasteiger partial charge in [-0.2, -0.15) is 0 Å².